The number of pyridine rings is 1. The molecule has 0 amide bonds. The molecule has 4 saturated carbocycles. The van der Waals surface area contributed by atoms with Crippen molar-refractivity contribution in [1.29, 1.82) is 0 Å². The van der Waals surface area contributed by atoms with Crippen LogP contribution >= 0.6 is 0 Å². The number of esters is 1. The van der Waals surface area contributed by atoms with Gasteiger partial charge in [-0.3, -0.25) is 4.79 Å². The largest absolute Gasteiger partial charge is 0.466 e. The van der Waals surface area contributed by atoms with Gasteiger partial charge >= 0.3 is 5.97 Å². The number of nitrogens with zero attached hydrogens (tertiary/aromatic N) is 5. The van der Waals surface area contributed by atoms with Crippen molar-refractivity contribution in [3.63, 3.8) is 0 Å². The van der Waals surface area contributed by atoms with Crippen molar-refractivity contribution in [1.82, 2.24) is 23.6 Å². The van der Waals surface area contributed by atoms with Gasteiger partial charge in [-0.2, -0.15) is 0 Å². The van der Waals surface area contributed by atoms with Gasteiger partial charge in [-0.25, -0.2) is 31.3 Å². The van der Waals surface area contributed by atoms with Crippen LogP contribution in [-0.2, 0) is 19.6 Å². The minimum atomic E-state index is -4.08. The van der Waals surface area contributed by atoms with Crippen LogP contribution in [0.2, 0.25) is 0 Å². The number of carbonyl (C=O) groups is 1. The van der Waals surface area contributed by atoms with Crippen molar-refractivity contribution in [3.05, 3.63) is 71.9 Å². The zero-order valence-electron chi connectivity index (χ0n) is 25.7. The molecule has 2 bridgehead atoms. The number of nitrogens with one attached hydrogen (secondary N) is 1. The molecule has 4 aliphatic rings. The molecule has 12 heteroatoms. The highest BCUT2D eigenvalue weighted by Crippen LogP contribution is 2.48. The molecule has 4 aromatic heterocycles. The Bertz CT molecular complexity index is 2100. The van der Waals surface area contributed by atoms with Crippen LogP contribution in [0.1, 0.15) is 62.5 Å². The molecule has 4 fully saturated rings. The van der Waals surface area contributed by atoms with E-state index in [9.17, 15) is 17.6 Å². The predicted molar refractivity (Wildman–Crippen MR) is 170 cm³/mol. The fraction of sp³-hybridized carbons (Fsp3) is 0.412. The van der Waals surface area contributed by atoms with Gasteiger partial charge in [-0.05, 0) is 100.0 Å². The standard InChI is InChI=1S/C34H35FN6O4S/c1-3-45-34(42)28-21-8-10-22(11-9-21)29(28)37-32-30-25(20-6-7-20)14-15-40(30)39-31(38-32)27-18-41(33-26(27)16-23(35)17-36-33)46(43,44)24-12-4-19(2)5-13-24/h4-5,12-18,20-22,28-29H,3,6-11H2,1-2H3,(H,37,38,39)/t21?,22?,28-,29-/m0/s1. The van der Waals surface area contributed by atoms with Gasteiger partial charge in [-0.1, -0.05) is 17.7 Å². The second-order valence-corrected chi connectivity index (χ2v) is 14.7. The fourth-order valence-corrected chi connectivity index (χ4v) is 8.94. The highest BCUT2D eigenvalue weighted by Gasteiger charge is 2.48. The molecule has 0 unspecified atom stereocenters. The molecule has 10 nitrogen and oxygen atoms in total. The lowest BCUT2D eigenvalue weighted by atomic mass is 9.61. The number of ether oxygens (including phenoxy) is 1. The first-order valence-corrected chi connectivity index (χ1v) is 17.5. The molecule has 1 N–H and O–H groups in total. The monoisotopic (exact) mass is 642 g/mol. The number of halogens is 1. The van der Waals surface area contributed by atoms with E-state index in [1.54, 1.807) is 28.8 Å². The molecule has 0 spiro atoms. The Labute approximate surface area is 266 Å². The third-order valence-electron chi connectivity index (χ3n) is 10.0. The van der Waals surface area contributed by atoms with Gasteiger partial charge < -0.3 is 10.1 Å². The van der Waals surface area contributed by atoms with E-state index >= 15 is 0 Å². The number of fused-ring (bicyclic) bond motifs is 5. The third-order valence-corrected chi connectivity index (χ3v) is 11.7. The minimum absolute atomic E-state index is 0.0772. The lowest BCUT2D eigenvalue weighted by molar-refractivity contribution is -0.154. The minimum Gasteiger partial charge on any atom is -0.466 e. The second kappa shape index (κ2) is 10.9. The van der Waals surface area contributed by atoms with E-state index in [-0.39, 0.29) is 51.5 Å². The van der Waals surface area contributed by atoms with Crippen molar-refractivity contribution in [2.45, 2.75) is 69.2 Å². The predicted octanol–water partition coefficient (Wildman–Crippen LogP) is 6.09. The molecular weight excluding hydrogens is 607 g/mol. The normalized spacial score (nSPS) is 22.8. The Morgan fingerprint density at radius 2 is 1.80 bits per heavy atom. The fourth-order valence-electron chi connectivity index (χ4n) is 7.62. The molecule has 4 heterocycles. The molecule has 0 radical (unpaired) electrons. The number of aryl methyl sites for hydroxylation is 1. The highest BCUT2D eigenvalue weighted by atomic mass is 32.2. The van der Waals surface area contributed by atoms with Crippen molar-refractivity contribution in [2.24, 2.45) is 17.8 Å². The van der Waals surface area contributed by atoms with Crippen LogP contribution in [0, 0.1) is 30.5 Å². The Balaban J connectivity index is 1.29. The number of benzene rings is 1. The lowest BCUT2D eigenvalue weighted by Crippen LogP contribution is -2.52. The number of aromatic nitrogens is 5. The van der Waals surface area contributed by atoms with Gasteiger partial charge in [0.05, 0.1) is 23.6 Å². The SMILES string of the molecule is CCOC(=O)[C@H]1C2CCC(CC2)[C@@H]1Nc1nc(-c2cn(S(=O)(=O)c3ccc(C)cc3)c3ncc(F)cc23)nn2ccc(C3CC3)c12. The summed E-state index contributed by atoms with van der Waals surface area (Å²) in [5.41, 5.74) is 3.31. The topological polar surface area (TPSA) is 120 Å². The van der Waals surface area contributed by atoms with E-state index in [1.165, 1.54) is 12.3 Å². The third kappa shape index (κ3) is 4.76. The number of hydrogen-bond acceptors (Lipinski definition) is 8. The quantitative estimate of drug-likeness (QED) is 0.202. The summed E-state index contributed by atoms with van der Waals surface area (Å²) in [6.45, 7) is 4.04. The van der Waals surface area contributed by atoms with E-state index < -0.39 is 15.8 Å². The van der Waals surface area contributed by atoms with Crippen LogP contribution in [0.4, 0.5) is 10.2 Å². The lowest BCUT2D eigenvalue weighted by Gasteiger charge is -2.47. The molecule has 9 rings (SSSR count). The number of carbonyl (C=O) groups excluding carboxylic acids is 1. The van der Waals surface area contributed by atoms with Crippen molar-refractivity contribution >= 4 is 38.4 Å². The summed E-state index contributed by atoms with van der Waals surface area (Å²) in [6.07, 6.45) is 10.5. The Hall–Kier alpha value is -4.32. The molecule has 238 valence electrons. The number of anilines is 1. The van der Waals surface area contributed by atoms with Crippen LogP contribution < -0.4 is 5.32 Å². The molecule has 0 aliphatic heterocycles. The van der Waals surface area contributed by atoms with Gasteiger partial charge in [0.25, 0.3) is 10.0 Å². The maximum atomic E-state index is 14.7. The summed E-state index contributed by atoms with van der Waals surface area (Å²) in [5, 5.41) is 8.82. The summed E-state index contributed by atoms with van der Waals surface area (Å²) in [6, 6.07) is 9.70. The van der Waals surface area contributed by atoms with Crippen LogP contribution in [-0.4, -0.2) is 50.6 Å². The van der Waals surface area contributed by atoms with Gasteiger partial charge in [0.1, 0.15) is 11.3 Å². The van der Waals surface area contributed by atoms with Crippen LogP contribution in [0.5, 0.6) is 0 Å². The molecule has 5 aromatic rings. The molecule has 0 saturated heterocycles. The van der Waals surface area contributed by atoms with Gasteiger partial charge in [-0.15, -0.1) is 5.10 Å². The summed E-state index contributed by atoms with van der Waals surface area (Å²) in [4.78, 5) is 22.6. The Kier molecular flexibility index (Phi) is 6.89. The Morgan fingerprint density at radius 3 is 2.52 bits per heavy atom. The van der Waals surface area contributed by atoms with Gasteiger partial charge in [0, 0.05) is 29.4 Å². The summed E-state index contributed by atoms with van der Waals surface area (Å²) >= 11 is 0. The zero-order chi connectivity index (χ0) is 31.7. The van der Waals surface area contributed by atoms with Crippen LogP contribution in [0.15, 0.2) is 59.9 Å². The number of rotatable bonds is 8. The van der Waals surface area contributed by atoms with Crippen molar-refractivity contribution in [2.75, 3.05) is 11.9 Å². The first kappa shape index (κ1) is 29.1. The Morgan fingerprint density at radius 1 is 1.07 bits per heavy atom. The first-order valence-electron chi connectivity index (χ1n) is 16.0. The van der Waals surface area contributed by atoms with E-state index in [4.69, 9.17) is 14.8 Å². The van der Waals surface area contributed by atoms with Crippen molar-refractivity contribution in [3.8, 4) is 11.4 Å². The van der Waals surface area contributed by atoms with E-state index in [0.717, 1.165) is 65.3 Å². The maximum Gasteiger partial charge on any atom is 0.311 e. The summed E-state index contributed by atoms with van der Waals surface area (Å²) in [7, 11) is -4.08. The maximum absolute atomic E-state index is 14.7. The van der Waals surface area contributed by atoms with E-state index in [1.807, 2.05) is 20.0 Å². The molecule has 1 aromatic carbocycles. The molecular formula is C34H35FN6O4S. The second-order valence-electron chi connectivity index (χ2n) is 12.9. The van der Waals surface area contributed by atoms with E-state index in [0.29, 0.717) is 23.9 Å². The molecule has 2 atom stereocenters. The molecule has 46 heavy (non-hydrogen) atoms. The zero-order valence-corrected chi connectivity index (χ0v) is 26.5. The highest BCUT2D eigenvalue weighted by molar-refractivity contribution is 7.90. The summed E-state index contributed by atoms with van der Waals surface area (Å²) in [5.74, 6) is 0.667. The van der Waals surface area contributed by atoms with E-state index in [2.05, 4.69) is 16.4 Å². The van der Waals surface area contributed by atoms with Gasteiger partial charge in [0.15, 0.2) is 17.3 Å². The van der Waals surface area contributed by atoms with Crippen LogP contribution in [0.25, 0.3) is 27.9 Å². The average Bonchev–Trinajstić information content (AvgIpc) is 3.68. The average molecular weight is 643 g/mol. The van der Waals surface area contributed by atoms with Gasteiger partial charge in [0.2, 0.25) is 0 Å². The molecule has 4 aliphatic carbocycles. The first-order chi connectivity index (χ1) is 22.2. The smallest absolute Gasteiger partial charge is 0.311 e. The van der Waals surface area contributed by atoms with Crippen LogP contribution in [0.3, 0.4) is 0 Å². The van der Waals surface area contributed by atoms with Crippen molar-refractivity contribution < 1.29 is 22.3 Å². The number of hydrogen-bond donors (Lipinski definition) is 1. The summed E-state index contributed by atoms with van der Waals surface area (Å²) < 4.78 is 50.8.